The third kappa shape index (κ3) is 5.87. The minimum atomic E-state index is -0.254. The summed E-state index contributed by atoms with van der Waals surface area (Å²) in [4.78, 5) is 16.9. The van der Waals surface area contributed by atoms with Crippen LogP contribution in [0.15, 0.2) is 41.6 Å². The number of carbonyl (C=O) groups excluding carboxylic acids is 1. The first-order valence-corrected chi connectivity index (χ1v) is 8.29. The minimum Gasteiger partial charge on any atom is -0.391 e. The molecule has 8 heteroatoms. The normalized spacial score (nSPS) is 10.8. The van der Waals surface area contributed by atoms with Crippen molar-refractivity contribution in [1.82, 2.24) is 0 Å². The SMILES string of the molecule is O=C(C/C=N\OCc1ccc(Cl)c(Cl)c1)Nc1ccc(Cl)c(Cl)c1. The summed E-state index contributed by atoms with van der Waals surface area (Å²) < 4.78 is 0. The van der Waals surface area contributed by atoms with E-state index in [1.165, 1.54) is 6.21 Å². The summed E-state index contributed by atoms with van der Waals surface area (Å²) in [5.74, 6) is -0.254. The molecule has 0 aromatic heterocycles. The quantitative estimate of drug-likeness (QED) is 0.485. The van der Waals surface area contributed by atoms with E-state index in [-0.39, 0.29) is 18.9 Å². The number of carbonyl (C=O) groups is 1. The summed E-state index contributed by atoms with van der Waals surface area (Å²) in [5.41, 5.74) is 1.38. The summed E-state index contributed by atoms with van der Waals surface area (Å²) in [7, 11) is 0. The highest BCUT2D eigenvalue weighted by Crippen LogP contribution is 2.25. The lowest BCUT2D eigenvalue weighted by molar-refractivity contribution is -0.115. The number of benzene rings is 2. The second kappa shape index (κ2) is 9.14. The number of halogens is 4. The standard InChI is InChI=1S/C16H12Cl4N2O2/c17-12-3-1-10(7-14(12)19)9-24-21-6-5-16(23)22-11-2-4-13(18)15(20)8-11/h1-4,6-8H,5,9H2,(H,22,23)/b21-6-. The first-order chi connectivity index (χ1) is 11.5. The van der Waals surface area contributed by atoms with Gasteiger partial charge in [-0.15, -0.1) is 0 Å². The van der Waals surface area contributed by atoms with E-state index in [0.717, 1.165) is 5.56 Å². The van der Waals surface area contributed by atoms with Crippen LogP contribution in [0.5, 0.6) is 0 Å². The third-order valence-corrected chi connectivity index (χ3v) is 4.32. The van der Waals surface area contributed by atoms with Crippen molar-refractivity contribution < 1.29 is 9.63 Å². The Bertz CT molecular complexity index is 766. The Hall–Kier alpha value is -1.46. The van der Waals surface area contributed by atoms with E-state index in [4.69, 9.17) is 51.2 Å². The molecule has 0 saturated carbocycles. The molecule has 2 aromatic carbocycles. The number of oxime groups is 1. The van der Waals surface area contributed by atoms with Gasteiger partial charge in [-0.2, -0.15) is 0 Å². The van der Waals surface area contributed by atoms with Gasteiger partial charge in [0.25, 0.3) is 0 Å². The molecule has 126 valence electrons. The lowest BCUT2D eigenvalue weighted by atomic mass is 10.2. The average Bonchev–Trinajstić information content (AvgIpc) is 2.54. The molecule has 0 aliphatic heterocycles. The fraction of sp³-hybridized carbons (Fsp3) is 0.125. The van der Waals surface area contributed by atoms with Crippen molar-refractivity contribution in [2.24, 2.45) is 5.16 Å². The van der Waals surface area contributed by atoms with Crippen LogP contribution >= 0.6 is 46.4 Å². The lowest BCUT2D eigenvalue weighted by Crippen LogP contribution is -2.11. The molecule has 0 atom stereocenters. The molecular formula is C16H12Cl4N2O2. The monoisotopic (exact) mass is 404 g/mol. The van der Waals surface area contributed by atoms with Gasteiger partial charge in [-0.05, 0) is 35.9 Å². The zero-order valence-electron chi connectivity index (χ0n) is 12.2. The molecule has 1 amide bonds. The van der Waals surface area contributed by atoms with Crippen LogP contribution in [0.1, 0.15) is 12.0 Å². The van der Waals surface area contributed by atoms with Crippen molar-refractivity contribution in [3.8, 4) is 0 Å². The summed E-state index contributed by atoms with van der Waals surface area (Å²) >= 11 is 23.4. The van der Waals surface area contributed by atoms with Crippen molar-refractivity contribution in [3.05, 3.63) is 62.1 Å². The fourth-order valence-electron chi connectivity index (χ4n) is 1.70. The third-order valence-electron chi connectivity index (χ3n) is 2.84. The molecule has 2 rings (SSSR count). The van der Waals surface area contributed by atoms with Gasteiger partial charge in [0.15, 0.2) is 0 Å². The Kier molecular flexibility index (Phi) is 7.18. The molecule has 0 aliphatic carbocycles. The van der Waals surface area contributed by atoms with Crippen LogP contribution in [0.3, 0.4) is 0 Å². The zero-order chi connectivity index (χ0) is 17.5. The molecule has 0 unspecified atom stereocenters. The maximum atomic E-state index is 11.8. The molecule has 0 heterocycles. The van der Waals surface area contributed by atoms with Crippen molar-refractivity contribution in [3.63, 3.8) is 0 Å². The highest BCUT2D eigenvalue weighted by Gasteiger charge is 2.04. The van der Waals surface area contributed by atoms with E-state index < -0.39 is 0 Å². The molecule has 2 aromatic rings. The van der Waals surface area contributed by atoms with Gasteiger partial charge in [0.1, 0.15) is 6.61 Å². The number of nitrogens with one attached hydrogen (secondary N) is 1. The van der Waals surface area contributed by atoms with Gasteiger partial charge < -0.3 is 10.2 Å². The molecule has 0 spiro atoms. The van der Waals surface area contributed by atoms with Crippen molar-refractivity contribution >= 4 is 64.2 Å². The zero-order valence-corrected chi connectivity index (χ0v) is 15.3. The van der Waals surface area contributed by atoms with Crippen molar-refractivity contribution in [1.29, 1.82) is 0 Å². The van der Waals surface area contributed by atoms with Crippen LogP contribution < -0.4 is 5.32 Å². The van der Waals surface area contributed by atoms with Crippen LogP contribution in [0.4, 0.5) is 5.69 Å². The number of anilines is 1. The molecule has 1 N–H and O–H groups in total. The Morgan fingerprint density at radius 3 is 2.33 bits per heavy atom. The van der Waals surface area contributed by atoms with Crippen LogP contribution in [-0.2, 0) is 16.2 Å². The van der Waals surface area contributed by atoms with Crippen LogP contribution in [0.2, 0.25) is 20.1 Å². The maximum absolute atomic E-state index is 11.8. The molecule has 0 bridgehead atoms. The summed E-state index contributed by atoms with van der Waals surface area (Å²) in [5, 5.41) is 8.11. The summed E-state index contributed by atoms with van der Waals surface area (Å²) in [6.45, 7) is 0.224. The minimum absolute atomic E-state index is 0.0572. The van der Waals surface area contributed by atoms with Gasteiger partial charge in [-0.3, -0.25) is 4.79 Å². The van der Waals surface area contributed by atoms with Crippen LogP contribution in [0, 0.1) is 0 Å². The first-order valence-electron chi connectivity index (χ1n) is 6.78. The second-order valence-corrected chi connectivity index (χ2v) is 6.32. The molecule has 0 aliphatic rings. The van der Waals surface area contributed by atoms with E-state index >= 15 is 0 Å². The Morgan fingerprint density at radius 1 is 1.00 bits per heavy atom. The highest BCUT2D eigenvalue weighted by atomic mass is 35.5. The van der Waals surface area contributed by atoms with Gasteiger partial charge in [-0.25, -0.2) is 0 Å². The summed E-state index contributed by atoms with van der Waals surface area (Å²) in [6, 6.07) is 9.98. The van der Waals surface area contributed by atoms with Gasteiger partial charge in [-0.1, -0.05) is 57.6 Å². The molecule has 24 heavy (non-hydrogen) atoms. The van der Waals surface area contributed by atoms with Gasteiger partial charge in [0.05, 0.1) is 32.7 Å². The Labute approximate surface area is 159 Å². The van der Waals surface area contributed by atoms with E-state index in [2.05, 4.69) is 10.5 Å². The highest BCUT2D eigenvalue weighted by molar-refractivity contribution is 6.42. The van der Waals surface area contributed by atoms with E-state index in [1.54, 1.807) is 36.4 Å². The van der Waals surface area contributed by atoms with Crippen LogP contribution in [-0.4, -0.2) is 12.1 Å². The Morgan fingerprint density at radius 2 is 1.67 bits per heavy atom. The van der Waals surface area contributed by atoms with Crippen molar-refractivity contribution in [2.45, 2.75) is 13.0 Å². The number of nitrogens with zero attached hydrogens (tertiary/aromatic N) is 1. The maximum Gasteiger partial charge on any atom is 0.229 e. The molecule has 0 radical (unpaired) electrons. The van der Waals surface area contributed by atoms with Gasteiger partial charge in [0, 0.05) is 5.69 Å². The first kappa shape index (κ1) is 18.9. The fourth-order valence-corrected chi connectivity index (χ4v) is 2.32. The number of hydrogen-bond acceptors (Lipinski definition) is 3. The van der Waals surface area contributed by atoms with Crippen LogP contribution in [0.25, 0.3) is 0 Å². The summed E-state index contributed by atoms with van der Waals surface area (Å²) in [6.07, 6.45) is 1.42. The number of hydrogen-bond donors (Lipinski definition) is 1. The Balaban J connectivity index is 1.75. The second-order valence-electron chi connectivity index (χ2n) is 4.69. The molecule has 4 nitrogen and oxygen atoms in total. The lowest BCUT2D eigenvalue weighted by Gasteiger charge is -2.04. The van der Waals surface area contributed by atoms with E-state index in [1.807, 2.05) is 0 Å². The van der Waals surface area contributed by atoms with Gasteiger partial charge in [0.2, 0.25) is 5.91 Å². The largest absolute Gasteiger partial charge is 0.391 e. The number of amides is 1. The molecule has 0 saturated heterocycles. The average molecular weight is 406 g/mol. The molecular weight excluding hydrogens is 394 g/mol. The van der Waals surface area contributed by atoms with E-state index in [9.17, 15) is 4.79 Å². The topological polar surface area (TPSA) is 50.7 Å². The predicted molar refractivity (Wildman–Crippen MR) is 99.5 cm³/mol. The van der Waals surface area contributed by atoms with Gasteiger partial charge >= 0.3 is 0 Å². The number of rotatable bonds is 6. The molecule has 0 fully saturated rings. The predicted octanol–water partition coefficient (Wildman–Crippen LogP) is 5.83. The van der Waals surface area contributed by atoms with E-state index in [0.29, 0.717) is 25.8 Å². The van der Waals surface area contributed by atoms with Crippen molar-refractivity contribution in [2.75, 3.05) is 5.32 Å². The smallest absolute Gasteiger partial charge is 0.229 e.